The summed E-state index contributed by atoms with van der Waals surface area (Å²) >= 11 is 0. The van der Waals surface area contributed by atoms with E-state index in [1.165, 1.54) is 0 Å². The summed E-state index contributed by atoms with van der Waals surface area (Å²) < 4.78 is 12.5. The number of nitrogens with zero attached hydrogens (tertiary/aromatic N) is 2. The van der Waals surface area contributed by atoms with Crippen LogP contribution in [0.2, 0.25) is 0 Å². The second kappa shape index (κ2) is 5.35. The van der Waals surface area contributed by atoms with E-state index in [1.54, 1.807) is 36.2 Å². The van der Waals surface area contributed by atoms with Crippen LogP contribution in [-0.2, 0) is 13.7 Å². The molecule has 0 saturated carbocycles. The molecule has 1 heterocycles. The minimum Gasteiger partial charge on any atom is -0.493 e. The van der Waals surface area contributed by atoms with E-state index in [4.69, 9.17) is 9.47 Å². The number of aldehydes is 1. The Bertz CT molecular complexity index is 549. The minimum atomic E-state index is 0.381. The van der Waals surface area contributed by atoms with Gasteiger partial charge in [0.25, 0.3) is 0 Å². The van der Waals surface area contributed by atoms with Gasteiger partial charge in [0.15, 0.2) is 11.5 Å². The molecule has 0 fully saturated rings. The number of benzene rings is 1. The predicted octanol–water partition coefficient (Wildman–Crippen LogP) is 1.82. The Balaban J connectivity index is 2.14. The van der Waals surface area contributed by atoms with E-state index in [-0.39, 0.29) is 0 Å². The van der Waals surface area contributed by atoms with Gasteiger partial charge in [0.1, 0.15) is 12.9 Å². The molecule has 5 heteroatoms. The summed E-state index contributed by atoms with van der Waals surface area (Å²) in [4.78, 5) is 10.7. The van der Waals surface area contributed by atoms with E-state index in [1.807, 2.05) is 13.2 Å². The predicted molar refractivity (Wildman–Crippen MR) is 65.9 cm³/mol. The Morgan fingerprint density at radius 3 is 2.83 bits per heavy atom. The molecule has 0 bridgehead atoms. The molecular formula is C13H14N2O3. The molecule has 2 rings (SSSR count). The third-order valence-electron chi connectivity index (χ3n) is 2.48. The first-order valence-electron chi connectivity index (χ1n) is 5.46. The number of rotatable bonds is 5. The van der Waals surface area contributed by atoms with Crippen molar-refractivity contribution < 1.29 is 14.3 Å². The van der Waals surface area contributed by atoms with Gasteiger partial charge >= 0.3 is 0 Å². The Morgan fingerprint density at radius 1 is 1.39 bits per heavy atom. The molecule has 0 unspecified atom stereocenters. The van der Waals surface area contributed by atoms with Crippen LogP contribution in [-0.4, -0.2) is 23.2 Å². The van der Waals surface area contributed by atoms with Crippen molar-refractivity contribution in [3.8, 4) is 11.5 Å². The Labute approximate surface area is 105 Å². The minimum absolute atomic E-state index is 0.381. The molecule has 5 nitrogen and oxygen atoms in total. The van der Waals surface area contributed by atoms with Gasteiger partial charge in [0.2, 0.25) is 0 Å². The lowest BCUT2D eigenvalue weighted by Gasteiger charge is -2.10. The van der Waals surface area contributed by atoms with Crippen LogP contribution in [0.3, 0.4) is 0 Å². The van der Waals surface area contributed by atoms with E-state index < -0.39 is 0 Å². The number of carbonyl (C=O) groups excluding carboxylic acids is 1. The Kier molecular flexibility index (Phi) is 3.62. The SMILES string of the molecule is COc1ccc(C=O)cc1OCc1cnn(C)c1. The van der Waals surface area contributed by atoms with Crippen molar-refractivity contribution in [2.45, 2.75) is 6.61 Å². The van der Waals surface area contributed by atoms with Crippen molar-refractivity contribution >= 4 is 6.29 Å². The molecule has 0 aliphatic heterocycles. The van der Waals surface area contributed by atoms with Crippen LogP contribution in [0.25, 0.3) is 0 Å². The first-order chi connectivity index (χ1) is 8.72. The summed E-state index contributed by atoms with van der Waals surface area (Å²) in [5.74, 6) is 1.15. The van der Waals surface area contributed by atoms with Gasteiger partial charge < -0.3 is 9.47 Å². The second-order valence-corrected chi connectivity index (χ2v) is 3.84. The van der Waals surface area contributed by atoms with Crippen LogP contribution in [0, 0.1) is 0 Å². The molecule has 2 aromatic rings. The first kappa shape index (κ1) is 12.2. The van der Waals surface area contributed by atoms with Gasteiger partial charge in [-0.05, 0) is 18.2 Å². The van der Waals surface area contributed by atoms with E-state index in [2.05, 4.69) is 5.10 Å². The van der Waals surface area contributed by atoms with E-state index in [0.717, 1.165) is 11.8 Å². The summed E-state index contributed by atoms with van der Waals surface area (Å²) in [6.07, 6.45) is 4.38. The Morgan fingerprint density at radius 2 is 2.22 bits per heavy atom. The molecule has 0 spiro atoms. The van der Waals surface area contributed by atoms with Crippen LogP contribution in [0.1, 0.15) is 15.9 Å². The van der Waals surface area contributed by atoms with Gasteiger partial charge in [0.05, 0.1) is 13.3 Å². The molecule has 0 N–H and O–H groups in total. The highest BCUT2D eigenvalue weighted by Gasteiger charge is 2.06. The highest BCUT2D eigenvalue weighted by atomic mass is 16.5. The molecule has 0 radical (unpaired) electrons. The van der Waals surface area contributed by atoms with E-state index in [0.29, 0.717) is 23.7 Å². The topological polar surface area (TPSA) is 53.4 Å². The Hall–Kier alpha value is -2.30. The van der Waals surface area contributed by atoms with Gasteiger partial charge in [-0.2, -0.15) is 5.10 Å². The lowest BCUT2D eigenvalue weighted by molar-refractivity contribution is 0.112. The normalized spacial score (nSPS) is 10.1. The van der Waals surface area contributed by atoms with Crippen molar-refractivity contribution in [2.24, 2.45) is 7.05 Å². The molecule has 0 aliphatic rings. The van der Waals surface area contributed by atoms with Gasteiger partial charge in [-0.3, -0.25) is 9.48 Å². The largest absolute Gasteiger partial charge is 0.493 e. The zero-order valence-electron chi connectivity index (χ0n) is 10.3. The molecule has 18 heavy (non-hydrogen) atoms. The fourth-order valence-electron chi connectivity index (χ4n) is 1.59. The standard InChI is InChI=1S/C13H14N2O3/c1-15-7-11(6-14-15)9-18-13-5-10(8-16)3-4-12(13)17-2/h3-8H,9H2,1-2H3. The van der Waals surface area contributed by atoms with Gasteiger partial charge in [0, 0.05) is 24.4 Å². The van der Waals surface area contributed by atoms with Crippen LogP contribution >= 0.6 is 0 Å². The lowest BCUT2D eigenvalue weighted by Crippen LogP contribution is -1.98. The number of aryl methyl sites for hydroxylation is 1. The van der Waals surface area contributed by atoms with Crippen molar-refractivity contribution in [2.75, 3.05) is 7.11 Å². The van der Waals surface area contributed by atoms with Crippen molar-refractivity contribution in [1.82, 2.24) is 9.78 Å². The highest BCUT2D eigenvalue weighted by Crippen LogP contribution is 2.28. The number of hydrogen-bond donors (Lipinski definition) is 0. The van der Waals surface area contributed by atoms with Gasteiger partial charge in [-0.1, -0.05) is 0 Å². The van der Waals surface area contributed by atoms with E-state index >= 15 is 0 Å². The maximum Gasteiger partial charge on any atom is 0.162 e. The summed E-state index contributed by atoms with van der Waals surface area (Å²) in [5.41, 5.74) is 1.51. The quantitative estimate of drug-likeness (QED) is 0.755. The molecule has 0 aliphatic carbocycles. The molecule has 0 atom stereocenters. The fourth-order valence-corrected chi connectivity index (χ4v) is 1.59. The number of ether oxygens (including phenoxy) is 2. The summed E-state index contributed by atoms with van der Waals surface area (Å²) in [5, 5.41) is 4.05. The number of hydrogen-bond acceptors (Lipinski definition) is 4. The summed E-state index contributed by atoms with van der Waals surface area (Å²) in [7, 11) is 3.41. The van der Waals surface area contributed by atoms with Crippen molar-refractivity contribution in [3.63, 3.8) is 0 Å². The van der Waals surface area contributed by atoms with Crippen molar-refractivity contribution in [1.29, 1.82) is 0 Å². The van der Waals surface area contributed by atoms with Gasteiger partial charge in [-0.15, -0.1) is 0 Å². The maximum atomic E-state index is 10.7. The molecule has 0 saturated heterocycles. The van der Waals surface area contributed by atoms with E-state index in [9.17, 15) is 4.79 Å². The number of methoxy groups -OCH3 is 1. The summed E-state index contributed by atoms with van der Waals surface area (Å²) in [6.45, 7) is 0.381. The highest BCUT2D eigenvalue weighted by molar-refractivity contribution is 5.76. The van der Waals surface area contributed by atoms with Gasteiger partial charge in [-0.25, -0.2) is 0 Å². The smallest absolute Gasteiger partial charge is 0.162 e. The maximum absolute atomic E-state index is 10.7. The fraction of sp³-hybridized carbons (Fsp3) is 0.231. The molecule has 1 aromatic carbocycles. The molecule has 1 aromatic heterocycles. The van der Waals surface area contributed by atoms with Crippen LogP contribution in [0.15, 0.2) is 30.6 Å². The van der Waals surface area contributed by atoms with Crippen molar-refractivity contribution in [3.05, 3.63) is 41.7 Å². The zero-order chi connectivity index (χ0) is 13.0. The first-order valence-corrected chi connectivity index (χ1v) is 5.46. The third kappa shape index (κ3) is 2.68. The third-order valence-corrected chi connectivity index (χ3v) is 2.48. The number of aromatic nitrogens is 2. The summed E-state index contributed by atoms with van der Waals surface area (Å²) in [6, 6.07) is 5.05. The lowest BCUT2D eigenvalue weighted by atomic mass is 10.2. The molecule has 94 valence electrons. The average Bonchev–Trinajstić information content (AvgIpc) is 2.81. The molecule has 0 amide bonds. The second-order valence-electron chi connectivity index (χ2n) is 3.84. The van der Waals surface area contributed by atoms with Crippen LogP contribution in [0.5, 0.6) is 11.5 Å². The monoisotopic (exact) mass is 246 g/mol. The molecular weight excluding hydrogens is 232 g/mol. The number of carbonyl (C=O) groups is 1. The average molecular weight is 246 g/mol. The zero-order valence-corrected chi connectivity index (χ0v) is 10.3. The van der Waals surface area contributed by atoms with Crippen LogP contribution in [0.4, 0.5) is 0 Å². The van der Waals surface area contributed by atoms with Crippen LogP contribution < -0.4 is 9.47 Å².